The third-order valence-corrected chi connectivity index (χ3v) is 7.76. The molecule has 0 saturated carbocycles. The SMILES string of the molecule is O=C(Nc1ccc(Oc2ncnc3sccc23)cc1)Nc1cccc(F)c1.O=[N+]([O-])c1ccc(Oc2ncnc3sccc23)cc1. The zero-order valence-electron chi connectivity index (χ0n) is 23.4. The zero-order valence-corrected chi connectivity index (χ0v) is 25.0. The van der Waals surface area contributed by atoms with E-state index in [1.807, 2.05) is 22.9 Å². The van der Waals surface area contributed by atoms with Gasteiger partial charge in [-0.15, -0.1) is 22.7 Å². The van der Waals surface area contributed by atoms with Crippen LogP contribution in [0.1, 0.15) is 0 Å². The number of nitro benzene ring substituents is 1. The Labute approximate surface area is 267 Å². The number of urea groups is 1. The summed E-state index contributed by atoms with van der Waals surface area (Å²) in [4.78, 5) is 40.3. The molecule has 0 spiro atoms. The lowest BCUT2D eigenvalue weighted by molar-refractivity contribution is -0.384. The Kier molecular flexibility index (Phi) is 8.94. The molecule has 0 bridgehead atoms. The Morgan fingerprint density at radius 1 is 0.717 bits per heavy atom. The lowest BCUT2D eigenvalue weighted by Gasteiger charge is -2.09. The summed E-state index contributed by atoms with van der Waals surface area (Å²) in [6.07, 6.45) is 2.89. The van der Waals surface area contributed by atoms with Crippen molar-refractivity contribution in [2.45, 2.75) is 0 Å². The smallest absolute Gasteiger partial charge is 0.323 e. The van der Waals surface area contributed by atoms with Gasteiger partial charge in [-0.3, -0.25) is 10.1 Å². The van der Waals surface area contributed by atoms with Crippen LogP contribution in [0.4, 0.5) is 26.2 Å². The highest BCUT2D eigenvalue weighted by Crippen LogP contribution is 2.31. The van der Waals surface area contributed by atoms with Crippen LogP contribution in [-0.2, 0) is 0 Å². The quantitative estimate of drug-likeness (QED) is 0.127. The van der Waals surface area contributed by atoms with E-state index in [2.05, 4.69) is 30.6 Å². The van der Waals surface area contributed by atoms with E-state index in [0.717, 1.165) is 20.4 Å². The molecule has 0 unspecified atom stereocenters. The molecule has 228 valence electrons. The Morgan fingerprint density at radius 3 is 1.80 bits per heavy atom. The molecule has 0 atom stereocenters. The predicted octanol–water partition coefficient (Wildman–Crippen LogP) is 8.66. The summed E-state index contributed by atoms with van der Waals surface area (Å²) in [7, 11) is 0. The Hall–Kier alpha value is -6.06. The van der Waals surface area contributed by atoms with E-state index in [1.54, 1.807) is 42.5 Å². The third kappa shape index (κ3) is 7.35. The Bertz CT molecular complexity index is 2140. The van der Waals surface area contributed by atoms with E-state index in [9.17, 15) is 19.3 Å². The third-order valence-electron chi connectivity index (χ3n) is 6.12. The van der Waals surface area contributed by atoms with Crippen molar-refractivity contribution in [2.75, 3.05) is 10.6 Å². The zero-order chi connectivity index (χ0) is 31.9. The van der Waals surface area contributed by atoms with Gasteiger partial charge in [0.05, 0.1) is 15.7 Å². The number of thiophene rings is 2. The number of rotatable bonds is 7. The molecule has 46 heavy (non-hydrogen) atoms. The maximum Gasteiger partial charge on any atom is 0.323 e. The van der Waals surface area contributed by atoms with Crippen LogP contribution >= 0.6 is 22.7 Å². The minimum atomic E-state index is -0.468. The molecule has 0 aliphatic carbocycles. The number of carbonyl (C=O) groups is 1. The average Bonchev–Trinajstić information content (AvgIpc) is 3.74. The molecule has 0 aliphatic rings. The molecule has 4 heterocycles. The molecule has 12 nitrogen and oxygen atoms in total. The molecule has 0 saturated heterocycles. The number of carbonyl (C=O) groups excluding carboxylic acids is 1. The van der Waals surface area contributed by atoms with Gasteiger partial charge >= 0.3 is 6.03 Å². The first kappa shape index (κ1) is 30.0. The highest BCUT2D eigenvalue weighted by molar-refractivity contribution is 7.17. The van der Waals surface area contributed by atoms with E-state index in [0.29, 0.717) is 34.6 Å². The number of nitrogens with zero attached hydrogens (tertiary/aromatic N) is 5. The average molecular weight is 654 g/mol. The maximum atomic E-state index is 13.2. The number of fused-ring (bicyclic) bond motifs is 2. The molecule has 4 aromatic heterocycles. The summed E-state index contributed by atoms with van der Waals surface area (Å²) < 4.78 is 24.6. The topological polar surface area (TPSA) is 154 Å². The summed E-state index contributed by atoms with van der Waals surface area (Å²) in [6.45, 7) is 0. The van der Waals surface area contributed by atoms with Crippen LogP contribution in [0.15, 0.2) is 108 Å². The second-order valence-electron chi connectivity index (χ2n) is 9.21. The number of ether oxygens (including phenoxy) is 2. The van der Waals surface area contributed by atoms with Gasteiger partial charge in [0, 0.05) is 23.5 Å². The summed E-state index contributed by atoms with van der Waals surface area (Å²) >= 11 is 3.01. The summed E-state index contributed by atoms with van der Waals surface area (Å²) in [6, 6.07) is 21.7. The van der Waals surface area contributed by atoms with Crippen molar-refractivity contribution < 1.29 is 23.6 Å². The lowest BCUT2D eigenvalue weighted by atomic mass is 10.3. The van der Waals surface area contributed by atoms with Crippen LogP contribution in [0.3, 0.4) is 0 Å². The summed E-state index contributed by atoms with van der Waals surface area (Å²) in [5, 5.41) is 21.3. The molecule has 0 aliphatic heterocycles. The van der Waals surface area contributed by atoms with Gasteiger partial charge in [-0.05, 0) is 77.5 Å². The first-order valence-electron chi connectivity index (χ1n) is 13.3. The fourth-order valence-electron chi connectivity index (χ4n) is 4.02. The maximum absolute atomic E-state index is 13.2. The van der Waals surface area contributed by atoms with E-state index in [-0.39, 0.29) is 5.69 Å². The standard InChI is InChI=1S/C19H13FN4O2S.C12H7N3O3S/c20-12-2-1-3-14(10-12)24-19(25)23-13-4-6-15(7-5-13)26-17-16-8-9-27-18(16)22-11-21-17;16-15(17)8-1-3-9(4-2-8)18-11-10-5-6-19-12(10)14-7-13-11/h1-11H,(H2,23,24,25);1-7H. The van der Waals surface area contributed by atoms with Gasteiger partial charge in [0.25, 0.3) is 5.69 Å². The normalized spacial score (nSPS) is 10.5. The predicted molar refractivity (Wildman–Crippen MR) is 174 cm³/mol. The van der Waals surface area contributed by atoms with E-state index >= 15 is 0 Å². The van der Waals surface area contributed by atoms with Crippen LogP contribution in [0, 0.1) is 15.9 Å². The molecule has 15 heteroatoms. The Morgan fingerprint density at radius 2 is 1.26 bits per heavy atom. The minimum absolute atomic E-state index is 0.0238. The minimum Gasteiger partial charge on any atom is -0.438 e. The van der Waals surface area contributed by atoms with Crippen molar-refractivity contribution in [2.24, 2.45) is 0 Å². The number of aromatic nitrogens is 4. The van der Waals surface area contributed by atoms with Gasteiger partial charge < -0.3 is 20.1 Å². The first-order valence-corrected chi connectivity index (χ1v) is 15.1. The second-order valence-corrected chi connectivity index (χ2v) is 11.0. The molecule has 7 rings (SSSR count). The van der Waals surface area contributed by atoms with Crippen molar-refractivity contribution in [1.29, 1.82) is 0 Å². The van der Waals surface area contributed by atoms with Crippen molar-refractivity contribution in [3.05, 3.63) is 124 Å². The molecule has 7 aromatic rings. The van der Waals surface area contributed by atoms with Crippen LogP contribution in [0.5, 0.6) is 23.3 Å². The van der Waals surface area contributed by atoms with Crippen molar-refractivity contribution in [3.8, 4) is 23.3 Å². The fraction of sp³-hybridized carbons (Fsp3) is 0. The molecular formula is C31H20FN7O5S2. The van der Waals surface area contributed by atoms with Gasteiger partial charge in [-0.1, -0.05) is 6.07 Å². The van der Waals surface area contributed by atoms with Gasteiger partial charge in [-0.25, -0.2) is 29.1 Å². The number of hydrogen-bond donors (Lipinski definition) is 2. The number of nitrogens with one attached hydrogen (secondary N) is 2. The first-order chi connectivity index (χ1) is 22.4. The summed E-state index contributed by atoms with van der Waals surface area (Å²) in [5.41, 5.74) is 0.964. The van der Waals surface area contributed by atoms with Crippen molar-refractivity contribution in [3.63, 3.8) is 0 Å². The molecule has 2 amide bonds. The molecule has 3 aromatic carbocycles. The van der Waals surface area contributed by atoms with Gasteiger partial charge in [0.2, 0.25) is 11.8 Å². The number of nitro groups is 1. The number of amides is 2. The molecule has 2 N–H and O–H groups in total. The fourth-order valence-corrected chi connectivity index (χ4v) is 5.47. The Balaban J connectivity index is 0.000000172. The number of hydrogen-bond acceptors (Lipinski definition) is 11. The molecule has 0 fully saturated rings. The highest BCUT2D eigenvalue weighted by atomic mass is 32.1. The largest absolute Gasteiger partial charge is 0.438 e. The molecule has 0 radical (unpaired) electrons. The second kappa shape index (κ2) is 13.7. The van der Waals surface area contributed by atoms with Crippen LogP contribution in [0.2, 0.25) is 0 Å². The number of halogens is 1. The van der Waals surface area contributed by atoms with E-state index < -0.39 is 16.8 Å². The van der Waals surface area contributed by atoms with Crippen LogP contribution in [0.25, 0.3) is 20.4 Å². The monoisotopic (exact) mass is 653 g/mol. The van der Waals surface area contributed by atoms with E-state index in [4.69, 9.17) is 9.47 Å². The van der Waals surface area contributed by atoms with Gasteiger partial charge in [-0.2, -0.15) is 0 Å². The van der Waals surface area contributed by atoms with Gasteiger partial charge in [0.1, 0.15) is 39.6 Å². The van der Waals surface area contributed by atoms with E-state index in [1.165, 1.54) is 65.7 Å². The highest BCUT2D eigenvalue weighted by Gasteiger charge is 2.10. The van der Waals surface area contributed by atoms with Gasteiger partial charge in [0.15, 0.2) is 0 Å². The summed E-state index contributed by atoms with van der Waals surface area (Å²) in [5.74, 6) is 1.58. The number of benzene rings is 3. The lowest BCUT2D eigenvalue weighted by Crippen LogP contribution is -2.19. The molecular weight excluding hydrogens is 634 g/mol. The van der Waals surface area contributed by atoms with Crippen LogP contribution < -0.4 is 20.1 Å². The van der Waals surface area contributed by atoms with Crippen LogP contribution in [-0.4, -0.2) is 30.9 Å². The van der Waals surface area contributed by atoms with Crippen molar-refractivity contribution in [1.82, 2.24) is 19.9 Å². The number of anilines is 2. The number of non-ortho nitro benzene ring substituents is 1. The van der Waals surface area contributed by atoms with Crippen molar-refractivity contribution >= 4 is 66.2 Å².